The quantitative estimate of drug-likeness (QED) is 0.167. The molecule has 26 heavy (non-hydrogen) atoms. The van der Waals surface area contributed by atoms with Gasteiger partial charge < -0.3 is 0 Å². The van der Waals surface area contributed by atoms with Crippen LogP contribution in [0.15, 0.2) is 47.9 Å². The average molecular weight is 391 g/mol. The molecule has 3 nitrogen and oxygen atoms in total. The SMILES string of the molecule is C=CCOS(=O)(=O)c1ccccc1.CCCCCCCCCCC[CH2][Na]. The van der Waals surface area contributed by atoms with E-state index in [9.17, 15) is 8.42 Å². The van der Waals surface area contributed by atoms with Crippen molar-refractivity contribution in [2.75, 3.05) is 6.61 Å². The van der Waals surface area contributed by atoms with Crippen LogP contribution in [0.25, 0.3) is 0 Å². The van der Waals surface area contributed by atoms with Gasteiger partial charge in [-0.05, 0) is 12.1 Å². The Morgan fingerprint density at radius 1 is 0.923 bits per heavy atom. The number of rotatable bonds is 14. The molecule has 0 bridgehead atoms. The van der Waals surface area contributed by atoms with Crippen molar-refractivity contribution in [1.29, 1.82) is 0 Å². The van der Waals surface area contributed by atoms with Crippen molar-refractivity contribution in [1.82, 2.24) is 0 Å². The molecular weight excluding hydrogens is 355 g/mol. The molecule has 0 spiro atoms. The summed E-state index contributed by atoms with van der Waals surface area (Å²) in [4.78, 5) is 0.164. The van der Waals surface area contributed by atoms with Gasteiger partial charge in [0.1, 0.15) is 0 Å². The fraction of sp³-hybridized carbons (Fsp3) is 0.619. The van der Waals surface area contributed by atoms with E-state index in [4.69, 9.17) is 0 Å². The second kappa shape index (κ2) is 18.2. The molecule has 0 aliphatic rings. The Hall–Kier alpha value is -0.130. The van der Waals surface area contributed by atoms with Crippen LogP contribution in [-0.4, -0.2) is 43.0 Å². The van der Waals surface area contributed by atoms with Crippen LogP contribution in [0.2, 0.25) is 3.67 Å². The summed E-state index contributed by atoms with van der Waals surface area (Å²) < 4.78 is 28.8. The van der Waals surface area contributed by atoms with Crippen LogP contribution in [0.4, 0.5) is 0 Å². The molecule has 0 heterocycles. The van der Waals surface area contributed by atoms with Gasteiger partial charge in [-0.3, -0.25) is 4.18 Å². The Kier molecular flexibility index (Phi) is 18.2. The van der Waals surface area contributed by atoms with E-state index in [1.54, 1.807) is 18.2 Å². The summed E-state index contributed by atoms with van der Waals surface area (Å²) in [5.74, 6) is 0. The number of benzene rings is 1. The molecule has 0 atom stereocenters. The molecule has 0 N–H and O–H groups in total. The Bertz CT molecular complexity index is 519. The summed E-state index contributed by atoms with van der Waals surface area (Å²) in [5, 5.41) is 0. The third-order valence-electron chi connectivity index (χ3n) is 4.08. The summed E-state index contributed by atoms with van der Waals surface area (Å²) in [5.41, 5.74) is 0. The van der Waals surface area contributed by atoms with Gasteiger partial charge in [0, 0.05) is 0 Å². The minimum absolute atomic E-state index is 0.00275. The van der Waals surface area contributed by atoms with Crippen molar-refractivity contribution in [3.05, 3.63) is 43.0 Å². The Labute approximate surface area is 179 Å². The van der Waals surface area contributed by atoms with Crippen molar-refractivity contribution in [2.24, 2.45) is 0 Å². The summed E-state index contributed by atoms with van der Waals surface area (Å²) >= 11 is 1.41. The zero-order valence-electron chi connectivity index (χ0n) is 16.8. The van der Waals surface area contributed by atoms with Crippen LogP contribution in [0, 0.1) is 0 Å². The van der Waals surface area contributed by atoms with Crippen LogP contribution in [0.3, 0.4) is 0 Å². The Morgan fingerprint density at radius 2 is 1.42 bits per heavy atom. The van der Waals surface area contributed by atoms with Crippen molar-refractivity contribution >= 4 is 38.0 Å². The van der Waals surface area contributed by atoms with Crippen molar-refractivity contribution in [3.63, 3.8) is 0 Å². The summed E-state index contributed by atoms with van der Waals surface area (Å²) in [6.45, 7) is 5.65. The zero-order valence-corrected chi connectivity index (χ0v) is 19.6. The maximum atomic E-state index is 11.3. The van der Waals surface area contributed by atoms with Crippen LogP contribution in [-0.2, 0) is 14.3 Å². The average Bonchev–Trinajstić information content (AvgIpc) is 2.66. The van der Waals surface area contributed by atoms with E-state index >= 15 is 0 Å². The number of hydrogen-bond acceptors (Lipinski definition) is 3. The van der Waals surface area contributed by atoms with Gasteiger partial charge in [0.25, 0.3) is 10.1 Å². The molecule has 144 valence electrons. The van der Waals surface area contributed by atoms with E-state index in [0.29, 0.717) is 0 Å². The van der Waals surface area contributed by atoms with Gasteiger partial charge in [-0.1, -0.05) is 24.3 Å². The first-order chi connectivity index (χ1) is 12.6. The van der Waals surface area contributed by atoms with Gasteiger partial charge in [0.15, 0.2) is 0 Å². The van der Waals surface area contributed by atoms with Gasteiger partial charge in [0.05, 0.1) is 11.5 Å². The third kappa shape index (κ3) is 15.0. The molecule has 0 fully saturated rings. The van der Waals surface area contributed by atoms with Gasteiger partial charge in [0.2, 0.25) is 0 Å². The monoisotopic (exact) mass is 390 g/mol. The molecule has 0 amide bonds. The Balaban J connectivity index is 0.000000481. The molecule has 1 rings (SSSR count). The summed E-state index contributed by atoms with van der Waals surface area (Å²) in [7, 11) is -3.59. The van der Waals surface area contributed by atoms with E-state index < -0.39 is 10.1 Å². The van der Waals surface area contributed by atoms with Crippen LogP contribution >= 0.6 is 0 Å². The molecule has 1 aromatic carbocycles. The molecule has 0 aliphatic heterocycles. The van der Waals surface area contributed by atoms with E-state index in [2.05, 4.69) is 17.7 Å². The third-order valence-corrected chi connectivity index (χ3v) is 6.08. The van der Waals surface area contributed by atoms with E-state index in [1.165, 1.54) is 114 Å². The second-order valence-corrected chi connectivity index (χ2v) is 9.14. The Morgan fingerprint density at radius 3 is 1.88 bits per heavy atom. The van der Waals surface area contributed by atoms with Crippen LogP contribution in [0.5, 0.6) is 0 Å². The van der Waals surface area contributed by atoms with Crippen molar-refractivity contribution < 1.29 is 12.6 Å². The topological polar surface area (TPSA) is 43.4 Å². The molecule has 0 radical (unpaired) electrons. The molecule has 1 aromatic rings. The normalized spacial score (nSPS) is 10.9. The predicted molar refractivity (Wildman–Crippen MR) is 112 cm³/mol. The van der Waals surface area contributed by atoms with Gasteiger partial charge in [-0.25, -0.2) is 0 Å². The number of unbranched alkanes of at least 4 members (excludes halogenated alkanes) is 9. The van der Waals surface area contributed by atoms with Gasteiger partial charge in [-0.2, -0.15) is 8.42 Å². The molecule has 0 saturated heterocycles. The molecule has 0 aromatic heterocycles. The summed E-state index contributed by atoms with van der Waals surface area (Å²) in [6.07, 6.45) is 16.1. The predicted octanol–water partition coefficient (Wildman–Crippen LogP) is 6.07. The van der Waals surface area contributed by atoms with E-state index in [0.717, 1.165) is 0 Å². The van der Waals surface area contributed by atoms with E-state index in [1.807, 2.05) is 0 Å². The molecule has 0 saturated carbocycles. The first-order valence-corrected chi connectivity index (χ1v) is 13.0. The first-order valence-electron chi connectivity index (χ1n) is 10.1. The molecular formula is C21H35NaO3S. The van der Waals surface area contributed by atoms with E-state index in [-0.39, 0.29) is 11.5 Å². The summed E-state index contributed by atoms with van der Waals surface area (Å²) in [6, 6.07) is 8.00. The second-order valence-electron chi connectivity index (χ2n) is 6.52. The maximum absolute atomic E-state index is 11.3. The molecule has 0 unspecified atom stereocenters. The van der Waals surface area contributed by atoms with Crippen LogP contribution in [0.1, 0.15) is 71.1 Å². The van der Waals surface area contributed by atoms with Gasteiger partial charge >= 0.3 is 103 Å². The fourth-order valence-corrected chi connectivity index (χ4v) is 3.93. The first kappa shape index (κ1) is 25.9. The van der Waals surface area contributed by atoms with Crippen molar-refractivity contribution in [2.45, 2.75) is 79.7 Å². The fourth-order valence-electron chi connectivity index (χ4n) is 2.53. The minimum atomic E-state index is -3.59. The van der Waals surface area contributed by atoms with Crippen LogP contribution < -0.4 is 0 Å². The zero-order chi connectivity index (χ0) is 19.5. The number of hydrogen-bond donors (Lipinski definition) is 0. The van der Waals surface area contributed by atoms with Crippen molar-refractivity contribution in [3.8, 4) is 0 Å². The van der Waals surface area contributed by atoms with Gasteiger partial charge in [-0.15, -0.1) is 6.58 Å². The molecule has 0 aliphatic carbocycles. The molecule has 5 heteroatoms. The standard InChI is InChI=1S/C12H25.C9H10O3S.Na/c1-3-5-7-9-11-12-10-8-6-4-2;1-2-8-12-13(10,11)9-6-4-3-5-7-9;/h1,3-12H2,2H3;2-7H,1,8H2;.